The van der Waals surface area contributed by atoms with Gasteiger partial charge < -0.3 is 9.15 Å². The lowest BCUT2D eigenvalue weighted by Crippen LogP contribution is -2.17. The molecule has 20 heavy (non-hydrogen) atoms. The number of ether oxygens (including phenoxy) is 1. The van der Waals surface area contributed by atoms with Crippen molar-refractivity contribution < 1.29 is 22.4 Å². The fourth-order valence-electron chi connectivity index (χ4n) is 1.50. The van der Waals surface area contributed by atoms with E-state index in [0.717, 1.165) is 11.3 Å². The van der Waals surface area contributed by atoms with Crippen molar-refractivity contribution >= 4 is 33.3 Å². The topological polar surface area (TPSA) is 111 Å². The maximum absolute atomic E-state index is 12.3. The first-order valence-electron chi connectivity index (χ1n) is 5.34. The lowest BCUT2D eigenvalue weighted by Gasteiger charge is -2.06. The number of hydrogen-bond acceptors (Lipinski definition) is 8. The van der Waals surface area contributed by atoms with Crippen LogP contribution in [-0.4, -0.2) is 31.7 Å². The van der Waals surface area contributed by atoms with E-state index in [1.165, 1.54) is 14.0 Å². The molecular formula is C10H11N3O5S2. The first-order chi connectivity index (χ1) is 9.35. The number of rotatable bonds is 4. The number of anilines is 1. The van der Waals surface area contributed by atoms with Gasteiger partial charge in [-0.3, -0.25) is 0 Å². The minimum absolute atomic E-state index is 0.00580. The van der Waals surface area contributed by atoms with Crippen LogP contribution in [-0.2, 0) is 14.8 Å². The zero-order valence-electron chi connectivity index (χ0n) is 10.8. The van der Waals surface area contributed by atoms with Crippen LogP contribution in [0, 0.1) is 13.8 Å². The number of thiophene rings is 1. The van der Waals surface area contributed by atoms with Crippen LogP contribution in [0.5, 0.6) is 0 Å². The summed E-state index contributed by atoms with van der Waals surface area (Å²) in [5.74, 6) is -0.497. The van der Waals surface area contributed by atoms with Crippen molar-refractivity contribution in [3.63, 3.8) is 0 Å². The van der Waals surface area contributed by atoms with Crippen molar-refractivity contribution in [2.75, 3.05) is 11.8 Å². The number of aromatic nitrogens is 2. The third-order valence-electron chi connectivity index (χ3n) is 2.31. The number of esters is 1. The quantitative estimate of drug-likeness (QED) is 0.847. The normalized spacial score (nSPS) is 11.3. The molecule has 0 aliphatic heterocycles. The third kappa shape index (κ3) is 2.65. The molecule has 0 spiro atoms. The SMILES string of the molecule is COC(=O)c1scc(C)c1S(=O)(=O)Nc1nnc(C)o1. The molecule has 2 heterocycles. The third-order valence-corrected chi connectivity index (χ3v) is 5.02. The van der Waals surface area contributed by atoms with Crippen LogP contribution in [0.25, 0.3) is 0 Å². The van der Waals surface area contributed by atoms with Gasteiger partial charge in [0.15, 0.2) is 0 Å². The van der Waals surface area contributed by atoms with Gasteiger partial charge in [0, 0.05) is 6.92 Å². The van der Waals surface area contributed by atoms with E-state index >= 15 is 0 Å². The Kier molecular flexibility index (Phi) is 3.77. The fourth-order valence-corrected chi connectivity index (χ4v) is 4.14. The van der Waals surface area contributed by atoms with Crippen molar-refractivity contribution in [1.29, 1.82) is 0 Å². The molecule has 108 valence electrons. The van der Waals surface area contributed by atoms with Crippen molar-refractivity contribution in [3.8, 4) is 0 Å². The van der Waals surface area contributed by atoms with Crippen molar-refractivity contribution in [1.82, 2.24) is 10.2 Å². The average Bonchev–Trinajstić information content (AvgIpc) is 2.94. The van der Waals surface area contributed by atoms with Crippen molar-refractivity contribution in [2.45, 2.75) is 18.7 Å². The molecule has 0 radical (unpaired) electrons. The Balaban J connectivity index is 2.44. The molecule has 0 aromatic carbocycles. The number of nitrogens with zero attached hydrogens (tertiary/aromatic N) is 2. The van der Waals surface area contributed by atoms with Crippen LogP contribution < -0.4 is 4.72 Å². The molecule has 2 aromatic heterocycles. The van der Waals surface area contributed by atoms with Gasteiger partial charge in [0.05, 0.1) is 7.11 Å². The van der Waals surface area contributed by atoms with E-state index in [0.29, 0.717) is 5.56 Å². The average molecular weight is 317 g/mol. The van der Waals surface area contributed by atoms with Gasteiger partial charge in [-0.1, -0.05) is 5.10 Å². The number of methoxy groups -OCH3 is 1. The van der Waals surface area contributed by atoms with Gasteiger partial charge in [0.25, 0.3) is 10.0 Å². The number of hydrogen-bond donors (Lipinski definition) is 1. The number of aryl methyl sites for hydroxylation is 2. The lowest BCUT2D eigenvalue weighted by molar-refractivity contribution is 0.0602. The summed E-state index contributed by atoms with van der Waals surface area (Å²) in [6.07, 6.45) is 0. The van der Waals surface area contributed by atoms with E-state index in [-0.39, 0.29) is 21.7 Å². The predicted octanol–water partition coefficient (Wildman–Crippen LogP) is 1.34. The highest BCUT2D eigenvalue weighted by Gasteiger charge is 2.28. The summed E-state index contributed by atoms with van der Waals surface area (Å²) in [5, 5.41) is 8.62. The summed E-state index contributed by atoms with van der Waals surface area (Å²) in [6.45, 7) is 3.11. The van der Waals surface area contributed by atoms with E-state index in [4.69, 9.17) is 4.42 Å². The summed E-state index contributed by atoms with van der Waals surface area (Å²) in [7, 11) is -2.83. The van der Waals surface area contributed by atoms with Crippen LogP contribution in [0.4, 0.5) is 6.01 Å². The molecule has 8 nitrogen and oxygen atoms in total. The number of nitrogens with one attached hydrogen (secondary N) is 1. The Morgan fingerprint density at radius 1 is 1.40 bits per heavy atom. The monoisotopic (exact) mass is 317 g/mol. The minimum atomic E-state index is -4.01. The van der Waals surface area contributed by atoms with Gasteiger partial charge in [-0.2, -0.15) is 0 Å². The van der Waals surface area contributed by atoms with Crippen molar-refractivity contribution in [3.05, 3.63) is 21.7 Å². The summed E-state index contributed by atoms with van der Waals surface area (Å²) < 4.78 is 36.2. The number of carbonyl (C=O) groups excluding carboxylic acids is 1. The van der Waals surface area contributed by atoms with E-state index in [9.17, 15) is 13.2 Å². The molecular weight excluding hydrogens is 306 g/mol. The first kappa shape index (κ1) is 14.5. The second-order valence-electron chi connectivity index (χ2n) is 3.80. The van der Waals surface area contributed by atoms with Gasteiger partial charge in [-0.25, -0.2) is 17.9 Å². The molecule has 2 rings (SSSR count). The first-order valence-corrected chi connectivity index (χ1v) is 7.70. The molecule has 0 aliphatic carbocycles. The molecule has 2 aromatic rings. The second kappa shape index (κ2) is 5.21. The van der Waals surface area contributed by atoms with Gasteiger partial charge >= 0.3 is 12.0 Å². The van der Waals surface area contributed by atoms with Gasteiger partial charge in [0.2, 0.25) is 5.89 Å². The predicted molar refractivity (Wildman–Crippen MR) is 70.2 cm³/mol. The zero-order chi connectivity index (χ0) is 14.9. The highest BCUT2D eigenvalue weighted by atomic mass is 32.2. The molecule has 0 bridgehead atoms. The molecule has 0 saturated carbocycles. The maximum Gasteiger partial charge on any atom is 0.349 e. The summed E-state index contributed by atoms with van der Waals surface area (Å²) in [4.78, 5) is 11.4. The standard InChI is InChI=1S/C10H11N3O5S2/c1-5-4-19-7(9(14)17-3)8(5)20(15,16)13-10-12-11-6(2)18-10/h4H,1-3H3,(H,12,13). The molecule has 0 unspecified atom stereocenters. The Hall–Kier alpha value is -1.94. The smallest absolute Gasteiger partial charge is 0.349 e. The highest BCUT2D eigenvalue weighted by molar-refractivity contribution is 7.93. The van der Waals surface area contributed by atoms with Crippen LogP contribution in [0.15, 0.2) is 14.7 Å². The second-order valence-corrected chi connectivity index (χ2v) is 6.30. The summed E-state index contributed by atoms with van der Waals surface area (Å²) in [6, 6.07) is -0.260. The molecule has 0 atom stereocenters. The van der Waals surface area contributed by atoms with E-state index < -0.39 is 16.0 Å². The molecule has 0 saturated heterocycles. The fraction of sp³-hybridized carbons (Fsp3) is 0.300. The van der Waals surface area contributed by atoms with Gasteiger partial charge in [0.1, 0.15) is 9.77 Å². The van der Waals surface area contributed by atoms with Crippen LogP contribution in [0.2, 0.25) is 0 Å². The van der Waals surface area contributed by atoms with Crippen LogP contribution in [0.1, 0.15) is 21.1 Å². The Morgan fingerprint density at radius 3 is 2.65 bits per heavy atom. The molecule has 0 fully saturated rings. The summed E-state index contributed by atoms with van der Waals surface area (Å²) in [5.41, 5.74) is 0.430. The van der Waals surface area contributed by atoms with E-state index in [1.807, 2.05) is 0 Å². The van der Waals surface area contributed by atoms with E-state index in [2.05, 4.69) is 19.7 Å². The molecule has 1 N–H and O–H groups in total. The largest absolute Gasteiger partial charge is 0.465 e. The number of carbonyl (C=O) groups is 1. The Bertz CT molecular complexity index is 747. The lowest BCUT2D eigenvalue weighted by atomic mass is 10.3. The zero-order valence-corrected chi connectivity index (χ0v) is 12.5. The van der Waals surface area contributed by atoms with E-state index in [1.54, 1.807) is 12.3 Å². The van der Waals surface area contributed by atoms with Crippen LogP contribution >= 0.6 is 11.3 Å². The van der Waals surface area contributed by atoms with Gasteiger partial charge in [-0.15, -0.1) is 16.4 Å². The minimum Gasteiger partial charge on any atom is -0.465 e. The maximum atomic E-state index is 12.3. The molecule has 0 amide bonds. The molecule has 0 aliphatic rings. The van der Waals surface area contributed by atoms with Crippen molar-refractivity contribution in [2.24, 2.45) is 0 Å². The Labute approximate surface area is 118 Å². The number of sulfonamides is 1. The summed E-state index contributed by atoms with van der Waals surface area (Å²) >= 11 is 0.991. The van der Waals surface area contributed by atoms with Crippen LogP contribution in [0.3, 0.4) is 0 Å². The van der Waals surface area contributed by atoms with Gasteiger partial charge in [-0.05, 0) is 17.9 Å². The molecule has 10 heteroatoms. The highest BCUT2D eigenvalue weighted by Crippen LogP contribution is 2.28. The Morgan fingerprint density at radius 2 is 2.10 bits per heavy atom.